The fourth-order valence-corrected chi connectivity index (χ4v) is 8.28. The van der Waals surface area contributed by atoms with E-state index in [1.54, 1.807) is 0 Å². The molecule has 0 N–H and O–H groups in total. The number of carbonyl (C=O) groups is 3. The van der Waals surface area contributed by atoms with Crippen LogP contribution in [0.4, 0.5) is 0 Å². The van der Waals surface area contributed by atoms with E-state index in [-0.39, 0.29) is 37.5 Å². The minimum absolute atomic E-state index is 0.108. The zero-order valence-electron chi connectivity index (χ0n) is 52.4. The Bertz CT molecular complexity index is 1920. The smallest absolute Gasteiger partial charge is 0.306 e. The predicted octanol–water partition coefficient (Wildman–Crippen LogP) is 22.8. The Balaban J connectivity index is 4.37. The number of carbonyl (C=O) groups excluding carboxylic acids is 3. The Morgan fingerprint density at radius 1 is 0.256 bits per heavy atom. The highest BCUT2D eigenvalue weighted by atomic mass is 16.6. The Morgan fingerprint density at radius 3 is 0.756 bits per heavy atom. The van der Waals surface area contributed by atoms with E-state index in [1.807, 2.05) is 0 Å². The third kappa shape index (κ3) is 65.3. The molecule has 0 bridgehead atoms. The number of rotatable bonds is 57. The van der Waals surface area contributed by atoms with E-state index < -0.39 is 6.10 Å². The summed E-state index contributed by atoms with van der Waals surface area (Å²) in [5.41, 5.74) is 0. The highest BCUT2D eigenvalue weighted by Gasteiger charge is 2.19. The van der Waals surface area contributed by atoms with Gasteiger partial charge in [-0.05, 0) is 161 Å². The van der Waals surface area contributed by atoms with Crippen molar-refractivity contribution in [1.82, 2.24) is 0 Å². The highest BCUT2D eigenvalue weighted by molar-refractivity contribution is 5.71. The van der Waals surface area contributed by atoms with Crippen LogP contribution in [0.2, 0.25) is 0 Å². The Morgan fingerprint density at radius 2 is 0.476 bits per heavy atom. The van der Waals surface area contributed by atoms with Crippen molar-refractivity contribution in [2.75, 3.05) is 13.2 Å². The topological polar surface area (TPSA) is 78.9 Å². The zero-order chi connectivity index (χ0) is 59.2. The van der Waals surface area contributed by atoms with Gasteiger partial charge in [0.2, 0.25) is 0 Å². The number of allylic oxidation sites excluding steroid dienone is 30. The zero-order valence-corrected chi connectivity index (χ0v) is 52.4. The van der Waals surface area contributed by atoms with Gasteiger partial charge in [-0.15, -0.1) is 0 Å². The summed E-state index contributed by atoms with van der Waals surface area (Å²) in [4.78, 5) is 38.3. The van der Waals surface area contributed by atoms with Crippen molar-refractivity contribution in [1.29, 1.82) is 0 Å². The first-order chi connectivity index (χ1) is 40.5. The molecule has 0 amide bonds. The number of ether oxygens (including phenoxy) is 3. The standard InChI is InChI=1S/C76H118O6/c1-4-7-10-13-16-19-22-25-27-29-30-31-32-33-34-35-36-37-38-39-40-41-42-43-44-45-46-48-49-51-54-57-60-63-66-69-75(78)81-72-73(71-80-74(77)68-65-62-59-56-53-24-21-18-15-12-9-6-3)82-76(79)70-67-64-61-58-55-52-50-47-28-26-23-20-17-14-11-8-5-2/h7-8,10-11,16-21,25-28,30-31,33-34,36-37,39-40,42-43,45-46,49-52,73H,4-6,9,12-15,22-24,29,32,35,38,41,44,47-48,53-72H2,1-3H3/b10-7-,11-8-,19-16-,20-17-,21-18-,27-25-,28-26-,31-30-,34-33-,37-36-,40-39-,43-42-,46-45-,51-49-,52-50-. The normalized spacial score (nSPS) is 13.4. The first kappa shape index (κ1) is 76.5. The molecule has 1 atom stereocenters. The van der Waals surface area contributed by atoms with Gasteiger partial charge in [0, 0.05) is 19.3 Å². The minimum atomic E-state index is -0.815. The molecule has 0 radical (unpaired) electrons. The SMILES string of the molecule is CC/C=C\C/C=C\C/C=C\C/C=C\C/C=C\C/C=C\C/C=C\C/C=C\C/C=C\C/C=C\CCCCCCC(=O)OCC(COC(=O)CCCCCCC/C=C\CCCCC)OC(=O)CCCCCC/C=C\C/C=C\C/C=C\C/C=C\CC. The Labute approximate surface area is 504 Å². The summed E-state index contributed by atoms with van der Waals surface area (Å²) in [6.45, 7) is 6.32. The molecule has 0 rings (SSSR count). The van der Waals surface area contributed by atoms with Gasteiger partial charge in [-0.3, -0.25) is 14.4 Å². The van der Waals surface area contributed by atoms with Crippen LogP contribution in [0.5, 0.6) is 0 Å². The molecule has 82 heavy (non-hydrogen) atoms. The first-order valence-electron chi connectivity index (χ1n) is 32.8. The lowest BCUT2D eigenvalue weighted by Crippen LogP contribution is -2.30. The van der Waals surface area contributed by atoms with Crippen molar-refractivity contribution in [2.24, 2.45) is 0 Å². The summed E-state index contributed by atoms with van der Waals surface area (Å²) >= 11 is 0. The molecular formula is C76H118O6. The minimum Gasteiger partial charge on any atom is -0.462 e. The molecule has 6 nitrogen and oxygen atoms in total. The third-order valence-corrected chi connectivity index (χ3v) is 13.1. The van der Waals surface area contributed by atoms with Crippen LogP contribution in [0.3, 0.4) is 0 Å². The highest BCUT2D eigenvalue weighted by Crippen LogP contribution is 2.13. The average molecular weight is 1130 g/mol. The molecule has 458 valence electrons. The molecular weight excluding hydrogens is 1010 g/mol. The van der Waals surface area contributed by atoms with Gasteiger partial charge in [-0.1, -0.05) is 261 Å². The lowest BCUT2D eigenvalue weighted by molar-refractivity contribution is -0.167. The van der Waals surface area contributed by atoms with Crippen molar-refractivity contribution >= 4 is 17.9 Å². The fraction of sp³-hybridized carbons (Fsp3) is 0.566. The fourth-order valence-electron chi connectivity index (χ4n) is 8.28. The van der Waals surface area contributed by atoms with Gasteiger partial charge < -0.3 is 14.2 Å². The molecule has 0 aliphatic rings. The van der Waals surface area contributed by atoms with Crippen LogP contribution in [0.15, 0.2) is 182 Å². The van der Waals surface area contributed by atoms with Crippen LogP contribution in [0.25, 0.3) is 0 Å². The molecule has 0 aliphatic heterocycles. The summed E-state index contributed by atoms with van der Waals surface area (Å²) in [5.74, 6) is -0.974. The Hall–Kier alpha value is -5.49. The van der Waals surface area contributed by atoms with Crippen LogP contribution in [0, 0.1) is 0 Å². The van der Waals surface area contributed by atoms with Gasteiger partial charge in [0.15, 0.2) is 6.10 Å². The number of unbranched alkanes of at least 4 members (excludes halogenated alkanes) is 16. The van der Waals surface area contributed by atoms with E-state index in [0.29, 0.717) is 12.8 Å². The second-order valence-electron chi connectivity index (χ2n) is 20.9. The van der Waals surface area contributed by atoms with Crippen LogP contribution >= 0.6 is 0 Å². The third-order valence-electron chi connectivity index (χ3n) is 13.1. The van der Waals surface area contributed by atoms with Crippen molar-refractivity contribution in [3.05, 3.63) is 182 Å². The quantitative estimate of drug-likeness (QED) is 0.0261. The number of esters is 3. The van der Waals surface area contributed by atoms with E-state index in [1.165, 1.54) is 32.1 Å². The number of hydrogen-bond acceptors (Lipinski definition) is 6. The maximum atomic E-state index is 12.9. The molecule has 0 saturated heterocycles. The Kier molecular flexibility index (Phi) is 63.5. The van der Waals surface area contributed by atoms with Crippen molar-refractivity contribution in [3.8, 4) is 0 Å². The van der Waals surface area contributed by atoms with Gasteiger partial charge in [0.1, 0.15) is 13.2 Å². The van der Waals surface area contributed by atoms with E-state index in [9.17, 15) is 14.4 Å². The van der Waals surface area contributed by atoms with Crippen LogP contribution in [-0.4, -0.2) is 37.2 Å². The predicted molar refractivity (Wildman–Crippen MR) is 357 cm³/mol. The molecule has 1 unspecified atom stereocenters. The van der Waals surface area contributed by atoms with Crippen LogP contribution in [-0.2, 0) is 28.6 Å². The molecule has 0 spiro atoms. The molecule has 0 aromatic rings. The molecule has 0 aliphatic carbocycles. The lowest BCUT2D eigenvalue weighted by Gasteiger charge is -2.18. The van der Waals surface area contributed by atoms with E-state index in [2.05, 4.69) is 203 Å². The van der Waals surface area contributed by atoms with E-state index in [4.69, 9.17) is 14.2 Å². The van der Waals surface area contributed by atoms with Gasteiger partial charge in [-0.25, -0.2) is 0 Å². The average Bonchev–Trinajstić information content (AvgIpc) is 3.47. The van der Waals surface area contributed by atoms with Crippen molar-refractivity contribution in [3.63, 3.8) is 0 Å². The molecule has 6 heteroatoms. The first-order valence-corrected chi connectivity index (χ1v) is 32.8. The van der Waals surface area contributed by atoms with E-state index in [0.717, 1.165) is 186 Å². The maximum absolute atomic E-state index is 12.9. The molecule has 0 heterocycles. The largest absolute Gasteiger partial charge is 0.462 e. The van der Waals surface area contributed by atoms with Crippen molar-refractivity contribution < 1.29 is 28.6 Å². The summed E-state index contributed by atoms with van der Waals surface area (Å²) < 4.78 is 16.8. The molecule has 0 saturated carbocycles. The van der Waals surface area contributed by atoms with Gasteiger partial charge in [-0.2, -0.15) is 0 Å². The van der Waals surface area contributed by atoms with Crippen LogP contribution in [0.1, 0.15) is 258 Å². The van der Waals surface area contributed by atoms with Gasteiger partial charge >= 0.3 is 17.9 Å². The lowest BCUT2D eigenvalue weighted by atomic mass is 10.1. The molecule has 0 aromatic carbocycles. The summed E-state index contributed by atoms with van der Waals surface area (Å²) in [6, 6.07) is 0. The number of hydrogen-bond donors (Lipinski definition) is 0. The monoisotopic (exact) mass is 1130 g/mol. The van der Waals surface area contributed by atoms with Gasteiger partial charge in [0.25, 0.3) is 0 Å². The van der Waals surface area contributed by atoms with E-state index >= 15 is 0 Å². The molecule has 0 fully saturated rings. The molecule has 0 aromatic heterocycles. The second-order valence-corrected chi connectivity index (χ2v) is 20.9. The maximum Gasteiger partial charge on any atom is 0.306 e. The van der Waals surface area contributed by atoms with Crippen molar-refractivity contribution in [2.45, 2.75) is 264 Å². The second kappa shape index (κ2) is 68.0. The summed E-state index contributed by atoms with van der Waals surface area (Å²) in [5, 5.41) is 0. The summed E-state index contributed by atoms with van der Waals surface area (Å²) in [6.07, 6.45) is 102. The van der Waals surface area contributed by atoms with Crippen LogP contribution < -0.4 is 0 Å². The summed E-state index contributed by atoms with van der Waals surface area (Å²) in [7, 11) is 0. The van der Waals surface area contributed by atoms with Gasteiger partial charge in [0.05, 0.1) is 0 Å².